The molecule has 3 aromatic rings. The van der Waals surface area contributed by atoms with Crippen LogP contribution in [0.3, 0.4) is 0 Å². The van der Waals surface area contributed by atoms with Gasteiger partial charge in [0, 0.05) is 18.8 Å². The van der Waals surface area contributed by atoms with Crippen molar-refractivity contribution in [3.05, 3.63) is 82.9 Å². The number of nitrogens with zero attached hydrogens (tertiary/aromatic N) is 1. The van der Waals surface area contributed by atoms with Gasteiger partial charge in [-0.15, -0.1) is 0 Å². The van der Waals surface area contributed by atoms with Crippen LogP contribution in [-0.2, 0) is 13.1 Å². The highest BCUT2D eigenvalue weighted by molar-refractivity contribution is 6.33. The third kappa shape index (κ3) is 4.86. The van der Waals surface area contributed by atoms with Crippen molar-refractivity contribution in [1.82, 2.24) is 0 Å². The molecule has 0 aromatic heterocycles. The summed E-state index contributed by atoms with van der Waals surface area (Å²) in [6.45, 7) is 1.46. The molecule has 3 rings (SSSR count). The number of anilines is 2. The number of rotatable bonds is 7. The number of hydrogen-bond acceptors (Lipinski definition) is 4. The summed E-state index contributed by atoms with van der Waals surface area (Å²) in [6.07, 6.45) is 0. The number of nitrogens with two attached hydrogens (primary N) is 1. The van der Waals surface area contributed by atoms with Gasteiger partial charge in [0.1, 0.15) is 11.5 Å². The van der Waals surface area contributed by atoms with Crippen LogP contribution < -0.4 is 20.1 Å². The fourth-order valence-corrected chi connectivity index (χ4v) is 3.03. The molecule has 0 atom stereocenters. The van der Waals surface area contributed by atoms with Crippen molar-refractivity contribution >= 4 is 23.0 Å². The van der Waals surface area contributed by atoms with Gasteiger partial charge in [-0.3, -0.25) is 0 Å². The standard InChI is InChI=1S/C22H23ClN2O2/c1-26-19-8-3-16(4-9-19)14-25(18-7-12-22(24)21(23)13-18)15-17-5-10-20(27-2)11-6-17/h3-13H,14-15,24H2,1-2H3. The fourth-order valence-electron chi connectivity index (χ4n) is 2.85. The lowest BCUT2D eigenvalue weighted by Gasteiger charge is -2.26. The maximum Gasteiger partial charge on any atom is 0.118 e. The number of benzene rings is 3. The Hall–Kier alpha value is -2.85. The lowest BCUT2D eigenvalue weighted by atomic mass is 10.1. The van der Waals surface area contributed by atoms with Crippen molar-refractivity contribution < 1.29 is 9.47 Å². The second-order valence-electron chi connectivity index (χ2n) is 6.26. The zero-order valence-corrected chi connectivity index (χ0v) is 16.2. The molecule has 0 aliphatic carbocycles. The Morgan fingerprint density at radius 2 is 1.26 bits per heavy atom. The molecule has 0 saturated carbocycles. The van der Waals surface area contributed by atoms with Gasteiger partial charge in [0.05, 0.1) is 24.9 Å². The number of ether oxygens (including phenoxy) is 2. The Balaban J connectivity index is 1.87. The van der Waals surface area contributed by atoms with E-state index in [1.165, 1.54) is 11.1 Å². The van der Waals surface area contributed by atoms with Gasteiger partial charge in [0.15, 0.2) is 0 Å². The van der Waals surface area contributed by atoms with Gasteiger partial charge in [-0.25, -0.2) is 0 Å². The fraction of sp³-hybridized carbons (Fsp3) is 0.182. The molecule has 0 aliphatic heterocycles. The van der Waals surface area contributed by atoms with E-state index in [1.54, 1.807) is 14.2 Å². The maximum absolute atomic E-state index is 6.26. The Labute approximate surface area is 165 Å². The zero-order valence-electron chi connectivity index (χ0n) is 15.5. The third-order valence-corrected chi connectivity index (χ3v) is 4.74. The summed E-state index contributed by atoms with van der Waals surface area (Å²) >= 11 is 6.26. The molecule has 5 heteroatoms. The number of methoxy groups -OCH3 is 2. The van der Waals surface area contributed by atoms with Gasteiger partial charge in [0.2, 0.25) is 0 Å². The average molecular weight is 383 g/mol. The highest BCUT2D eigenvalue weighted by atomic mass is 35.5. The minimum Gasteiger partial charge on any atom is -0.497 e. The Morgan fingerprint density at radius 3 is 1.67 bits per heavy atom. The Bertz CT molecular complexity index is 830. The van der Waals surface area contributed by atoms with Crippen molar-refractivity contribution in [1.29, 1.82) is 0 Å². The minimum absolute atomic E-state index is 0.557. The molecule has 0 radical (unpaired) electrons. The van der Waals surface area contributed by atoms with E-state index < -0.39 is 0 Å². The van der Waals surface area contributed by atoms with Crippen LogP contribution in [0.2, 0.25) is 5.02 Å². The average Bonchev–Trinajstić information content (AvgIpc) is 2.70. The van der Waals surface area contributed by atoms with E-state index in [2.05, 4.69) is 29.2 Å². The summed E-state index contributed by atoms with van der Waals surface area (Å²) in [5, 5.41) is 0.557. The van der Waals surface area contributed by atoms with E-state index in [0.29, 0.717) is 10.7 Å². The van der Waals surface area contributed by atoms with Gasteiger partial charge in [-0.1, -0.05) is 35.9 Å². The van der Waals surface area contributed by atoms with Crippen LogP contribution >= 0.6 is 11.6 Å². The zero-order chi connectivity index (χ0) is 19.2. The highest BCUT2D eigenvalue weighted by Crippen LogP contribution is 2.28. The summed E-state index contributed by atoms with van der Waals surface area (Å²) in [6, 6.07) is 21.9. The van der Waals surface area contributed by atoms with Crippen LogP contribution in [0.4, 0.5) is 11.4 Å². The SMILES string of the molecule is COc1ccc(CN(Cc2ccc(OC)cc2)c2ccc(N)c(Cl)c2)cc1. The first kappa shape index (κ1) is 18.9. The Morgan fingerprint density at radius 1 is 0.778 bits per heavy atom. The summed E-state index contributed by atoms with van der Waals surface area (Å²) in [4.78, 5) is 2.26. The van der Waals surface area contributed by atoms with Gasteiger partial charge >= 0.3 is 0 Å². The topological polar surface area (TPSA) is 47.7 Å². The van der Waals surface area contributed by atoms with Crippen LogP contribution in [0, 0.1) is 0 Å². The molecule has 0 fully saturated rings. The van der Waals surface area contributed by atoms with Crippen LogP contribution in [0.15, 0.2) is 66.7 Å². The minimum atomic E-state index is 0.557. The monoisotopic (exact) mass is 382 g/mol. The van der Waals surface area contributed by atoms with E-state index in [1.807, 2.05) is 42.5 Å². The quantitative estimate of drug-likeness (QED) is 0.574. The molecule has 3 aromatic carbocycles. The highest BCUT2D eigenvalue weighted by Gasteiger charge is 2.11. The molecule has 0 heterocycles. The largest absolute Gasteiger partial charge is 0.497 e. The predicted octanol–water partition coefficient (Wildman–Crippen LogP) is 5.15. The van der Waals surface area contributed by atoms with Crippen molar-refractivity contribution in [3.8, 4) is 11.5 Å². The molecule has 140 valence electrons. The first-order valence-electron chi connectivity index (χ1n) is 8.65. The van der Waals surface area contributed by atoms with Crippen LogP contribution in [-0.4, -0.2) is 14.2 Å². The number of nitrogen functional groups attached to an aromatic ring is 1. The smallest absolute Gasteiger partial charge is 0.118 e. The number of halogens is 1. The third-order valence-electron chi connectivity index (χ3n) is 4.41. The molecule has 0 saturated heterocycles. The van der Waals surface area contributed by atoms with E-state index in [0.717, 1.165) is 30.3 Å². The lowest BCUT2D eigenvalue weighted by Crippen LogP contribution is -2.22. The normalized spacial score (nSPS) is 10.5. The molecule has 0 aliphatic rings. The summed E-state index contributed by atoms with van der Waals surface area (Å²) in [5.41, 5.74) is 9.83. The van der Waals surface area contributed by atoms with Crippen molar-refractivity contribution in [2.45, 2.75) is 13.1 Å². The molecular weight excluding hydrogens is 360 g/mol. The molecule has 0 amide bonds. The summed E-state index contributed by atoms with van der Waals surface area (Å²) in [5.74, 6) is 1.69. The maximum atomic E-state index is 6.26. The van der Waals surface area contributed by atoms with Crippen LogP contribution in [0.5, 0.6) is 11.5 Å². The molecule has 4 nitrogen and oxygen atoms in total. The van der Waals surface area contributed by atoms with Crippen molar-refractivity contribution in [2.75, 3.05) is 24.9 Å². The second kappa shape index (κ2) is 8.69. The van der Waals surface area contributed by atoms with Crippen LogP contribution in [0.25, 0.3) is 0 Å². The molecular formula is C22H23ClN2O2. The van der Waals surface area contributed by atoms with E-state index in [9.17, 15) is 0 Å². The van der Waals surface area contributed by atoms with Gasteiger partial charge in [-0.2, -0.15) is 0 Å². The second-order valence-corrected chi connectivity index (χ2v) is 6.67. The molecule has 0 unspecified atom stereocenters. The molecule has 27 heavy (non-hydrogen) atoms. The van der Waals surface area contributed by atoms with Crippen LogP contribution in [0.1, 0.15) is 11.1 Å². The molecule has 2 N–H and O–H groups in total. The summed E-state index contributed by atoms with van der Waals surface area (Å²) in [7, 11) is 3.34. The molecule has 0 bridgehead atoms. The Kier molecular flexibility index (Phi) is 6.09. The first-order chi connectivity index (χ1) is 13.1. The van der Waals surface area contributed by atoms with Crippen molar-refractivity contribution in [2.24, 2.45) is 0 Å². The van der Waals surface area contributed by atoms with E-state index >= 15 is 0 Å². The van der Waals surface area contributed by atoms with Gasteiger partial charge < -0.3 is 20.1 Å². The molecule has 0 spiro atoms. The van der Waals surface area contributed by atoms with Gasteiger partial charge in [-0.05, 0) is 53.6 Å². The summed E-state index contributed by atoms with van der Waals surface area (Å²) < 4.78 is 10.5. The predicted molar refractivity (Wildman–Crippen MR) is 112 cm³/mol. The van der Waals surface area contributed by atoms with E-state index in [4.69, 9.17) is 26.8 Å². The lowest BCUT2D eigenvalue weighted by molar-refractivity contribution is 0.414. The van der Waals surface area contributed by atoms with Gasteiger partial charge in [0.25, 0.3) is 0 Å². The van der Waals surface area contributed by atoms with Crippen molar-refractivity contribution in [3.63, 3.8) is 0 Å². The number of hydrogen-bond donors (Lipinski definition) is 1. The first-order valence-corrected chi connectivity index (χ1v) is 9.02. The van der Waals surface area contributed by atoms with E-state index in [-0.39, 0.29) is 0 Å².